The Hall–Kier alpha value is -3.68. The standard InChI is InChI=1S/C23H26N6O2/c1-15-11-17(13-23(2,3)28(15)4)26-22(31)16-5-7-18(8-6-16)29-21(30)12-19(27-29)20-14-24-9-10-25-20/h5-10,12,14,17,27H,1,11,13H2,2-4H3,(H,26,31). The van der Waals surface area contributed by atoms with Crippen LogP contribution in [0, 0.1) is 0 Å². The number of piperidine rings is 1. The van der Waals surface area contributed by atoms with E-state index in [-0.39, 0.29) is 23.0 Å². The van der Waals surface area contributed by atoms with E-state index in [4.69, 9.17) is 0 Å². The van der Waals surface area contributed by atoms with Crippen LogP contribution in [0.15, 0.2) is 66.0 Å². The monoisotopic (exact) mass is 418 g/mol. The molecule has 1 atom stereocenters. The summed E-state index contributed by atoms with van der Waals surface area (Å²) in [7, 11) is 2.04. The number of benzene rings is 1. The highest BCUT2D eigenvalue weighted by Crippen LogP contribution is 2.31. The van der Waals surface area contributed by atoms with Crippen LogP contribution >= 0.6 is 0 Å². The Morgan fingerprint density at radius 3 is 2.65 bits per heavy atom. The molecule has 31 heavy (non-hydrogen) atoms. The molecule has 2 aromatic heterocycles. The third-order valence-corrected chi connectivity index (χ3v) is 5.89. The van der Waals surface area contributed by atoms with E-state index in [0.717, 1.165) is 18.5 Å². The maximum Gasteiger partial charge on any atom is 0.271 e. The number of nitrogens with zero attached hydrogens (tertiary/aromatic N) is 4. The average molecular weight is 419 g/mol. The van der Waals surface area contributed by atoms with Crippen molar-refractivity contribution in [2.24, 2.45) is 0 Å². The van der Waals surface area contributed by atoms with Gasteiger partial charge in [0.1, 0.15) is 5.69 Å². The largest absolute Gasteiger partial charge is 0.373 e. The van der Waals surface area contributed by atoms with Crippen LogP contribution < -0.4 is 10.9 Å². The van der Waals surface area contributed by atoms with Gasteiger partial charge in [-0.3, -0.25) is 24.7 Å². The van der Waals surface area contributed by atoms with Crippen molar-refractivity contribution in [2.75, 3.05) is 7.05 Å². The molecule has 2 N–H and O–H groups in total. The minimum absolute atomic E-state index is 0.0337. The minimum Gasteiger partial charge on any atom is -0.373 e. The van der Waals surface area contributed by atoms with Crippen LogP contribution in [0.3, 0.4) is 0 Å². The number of hydrogen-bond acceptors (Lipinski definition) is 5. The second kappa shape index (κ2) is 7.86. The van der Waals surface area contributed by atoms with E-state index in [9.17, 15) is 9.59 Å². The van der Waals surface area contributed by atoms with E-state index in [0.29, 0.717) is 22.6 Å². The molecule has 8 nitrogen and oxygen atoms in total. The Morgan fingerprint density at radius 1 is 1.26 bits per heavy atom. The van der Waals surface area contributed by atoms with Gasteiger partial charge in [0.2, 0.25) is 0 Å². The summed E-state index contributed by atoms with van der Waals surface area (Å²) in [5.41, 5.74) is 3.06. The fourth-order valence-electron chi connectivity index (χ4n) is 3.95. The number of rotatable bonds is 4. The molecule has 160 valence electrons. The molecule has 1 unspecified atom stereocenters. The molecule has 0 bridgehead atoms. The highest BCUT2D eigenvalue weighted by Gasteiger charge is 2.34. The SMILES string of the molecule is C=C1CC(NC(=O)c2ccc(-n3[nH]c(-c4cnccn4)cc3=O)cc2)CC(C)(C)N1C. The Balaban J connectivity index is 1.49. The van der Waals surface area contributed by atoms with Gasteiger partial charge < -0.3 is 10.2 Å². The summed E-state index contributed by atoms with van der Waals surface area (Å²) in [6.07, 6.45) is 6.30. The Morgan fingerprint density at radius 2 is 2.00 bits per heavy atom. The van der Waals surface area contributed by atoms with E-state index in [1.165, 1.54) is 10.7 Å². The van der Waals surface area contributed by atoms with E-state index >= 15 is 0 Å². The first-order valence-electron chi connectivity index (χ1n) is 10.2. The summed E-state index contributed by atoms with van der Waals surface area (Å²) in [6.45, 7) is 8.42. The van der Waals surface area contributed by atoms with Gasteiger partial charge in [-0.2, -0.15) is 0 Å². The molecule has 0 saturated carbocycles. The molecular weight excluding hydrogens is 392 g/mol. The first kappa shape index (κ1) is 20.6. The number of nitrogens with one attached hydrogen (secondary N) is 2. The highest BCUT2D eigenvalue weighted by molar-refractivity contribution is 5.94. The highest BCUT2D eigenvalue weighted by atomic mass is 16.1. The average Bonchev–Trinajstić information content (AvgIpc) is 3.14. The zero-order chi connectivity index (χ0) is 22.2. The van der Waals surface area contributed by atoms with Gasteiger partial charge in [0.05, 0.1) is 17.6 Å². The summed E-state index contributed by atoms with van der Waals surface area (Å²) >= 11 is 0. The van der Waals surface area contributed by atoms with E-state index in [1.54, 1.807) is 42.9 Å². The molecule has 0 aliphatic carbocycles. The molecule has 0 spiro atoms. The summed E-state index contributed by atoms with van der Waals surface area (Å²) in [6, 6.07) is 8.42. The molecule has 0 radical (unpaired) electrons. The third kappa shape index (κ3) is 4.14. The number of amides is 1. The van der Waals surface area contributed by atoms with Crippen LogP contribution in [0.1, 0.15) is 37.0 Å². The van der Waals surface area contributed by atoms with Crippen molar-refractivity contribution in [1.29, 1.82) is 0 Å². The Kier molecular flexibility index (Phi) is 5.22. The summed E-state index contributed by atoms with van der Waals surface area (Å²) in [5, 5.41) is 6.15. The lowest BCUT2D eigenvalue weighted by Gasteiger charge is -2.46. The predicted octanol–water partition coefficient (Wildman–Crippen LogP) is 2.74. The molecule has 1 aliphatic heterocycles. The molecule has 1 aromatic carbocycles. The number of carbonyl (C=O) groups is 1. The van der Waals surface area contributed by atoms with E-state index in [2.05, 4.69) is 45.7 Å². The smallest absolute Gasteiger partial charge is 0.271 e. The van der Waals surface area contributed by atoms with Gasteiger partial charge in [0.25, 0.3) is 11.5 Å². The van der Waals surface area contributed by atoms with Crippen molar-refractivity contribution in [3.63, 3.8) is 0 Å². The zero-order valence-electron chi connectivity index (χ0n) is 17.9. The molecule has 1 fully saturated rings. The Labute approximate surface area is 180 Å². The van der Waals surface area contributed by atoms with Crippen LogP contribution in [0.25, 0.3) is 17.1 Å². The topological polar surface area (TPSA) is 95.9 Å². The predicted molar refractivity (Wildman–Crippen MR) is 119 cm³/mol. The van der Waals surface area contributed by atoms with Gasteiger partial charge >= 0.3 is 0 Å². The van der Waals surface area contributed by atoms with Gasteiger partial charge in [0.15, 0.2) is 0 Å². The summed E-state index contributed by atoms with van der Waals surface area (Å²) < 4.78 is 1.41. The van der Waals surface area contributed by atoms with E-state index in [1.807, 2.05) is 7.05 Å². The molecule has 1 saturated heterocycles. The maximum absolute atomic E-state index is 12.8. The number of H-pyrrole nitrogens is 1. The van der Waals surface area contributed by atoms with Crippen LogP contribution in [0.4, 0.5) is 0 Å². The number of aromatic nitrogens is 4. The number of aromatic amines is 1. The molecule has 8 heteroatoms. The molecule has 1 aliphatic rings. The second-order valence-electron chi connectivity index (χ2n) is 8.50. The van der Waals surface area contributed by atoms with Gasteiger partial charge in [-0.1, -0.05) is 6.58 Å². The van der Waals surface area contributed by atoms with Gasteiger partial charge in [-0.05, 0) is 44.5 Å². The third-order valence-electron chi connectivity index (χ3n) is 5.89. The summed E-state index contributed by atoms with van der Waals surface area (Å²) in [4.78, 5) is 35.6. The zero-order valence-corrected chi connectivity index (χ0v) is 17.9. The number of likely N-dealkylation sites (tertiary alicyclic amines) is 1. The first-order valence-corrected chi connectivity index (χ1v) is 10.2. The van der Waals surface area contributed by atoms with Gasteiger partial charge in [-0.25, -0.2) is 4.68 Å². The number of carbonyl (C=O) groups excluding carboxylic acids is 1. The summed E-state index contributed by atoms with van der Waals surface area (Å²) in [5.74, 6) is -0.135. The van der Waals surface area contributed by atoms with Crippen molar-refractivity contribution in [1.82, 2.24) is 30.0 Å². The van der Waals surface area contributed by atoms with Crippen LogP contribution in [-0.4, -0.2) is 49.2 Å². The van der Waals surface area contributed by atoms with Gasteiger partial charge in [-0.15, -0.1) is 0 Å². The molecule has 1 amide bonds. The fraction of sp³-hybridized carbons (Fsp3) is 0.304. The van der Waals surface area contributed by atoms with Crippen molar-refractivity contribution >= 4 is 5.91 Å². The van der Waals surface area contributed by atoms with Crippen molar-refractivity contribution < 1.29 is 4.79 Å². The van der Waals surface area contributed by atoms with Crippen LogP contribution in [0.2, 0.25) is 0 Å². The lowest BCUT2D eigenvalue weighted by Crippen LogP contribution is -2.52. The molecule has 4 rings (SSSR count). The molecule has 3 heterocycles. The fourth-order valence-corrected chi connectivity index (χ4v) is 3.95. The molecule has 3 aromatic rings. The second-order valence-corrected chi connectivity index (χ2v) is 8.50. The molecular formula is C23H26N6O2. The van der Waals surface area contributed by atoms with Crippen molar-refractivity contribution in [2.45, 2.75) is 38.3 Å². The maximum atomic E-state index is 12.8. The van der Waals surface area contributed by atoms with Gasteiger partial charge in [0, 0.05) is 54.8 Å². The lowest BCUT2D eigenvalue weighted by molar-refractivity contribution is 0.0867. The number of hydrogen-bond donors (Lipinski definition) is 2. The minimum atomic E-state index is -0.218. The lowest BCUT2D eigenvalue weighted by atomic mass is 9.86. The van der Waals surface area contributed by atoms with Crippen LogP contribution in [-0.2, 0) is 0 Å². The first-order chi connectivity index (χ1) is 14.7. The van der Waals surface area contributed by atoms with Crippen molar-refractivity contribution in [3.8, 4) is 17.1 Å². The quantitative estimate of drug-likeness (QED) is 0.679. The Bertz CT molecular complexity index is 1160. The van der Waals surface area contributed by atoms with Crippen LogP contribution in [0.5, 0.6) is 0 Å². The van der Waals surface area contributed by atoms with E-state index < -0.39 is 0 Å². The normalized spacial score (nSPS) is 18.1. The van der Waals surface area contributed by atoms with Crippen molar-refractivity contribution in [3.05, 3.63) is 77.1 Å².